The first kappa shape index (κ1) is 19.5. The van der Waals surface area contributed by atoms with Crippen molar-refractivity contribution < 1.29 is 9.84 Å². The Hall–Kier alpha value is -2.84. The van der Waals surface area contributed by atoms with Gasteiger partial charge in [-0.3, -0.25) is 5.10 Å². The van der Waals surface area contributed by atoms with Crippen LogP contribution in [0.25, 0.3) is 22.4 Å². The maximum atomic E-state index is 10.5. The lowest BCUT2D eigenvalue weighted by atomic mass is 10.1. The number of aromatic amines is 1. The van der Waals surface area contributed by atoms with Crippen LogP contribution in [0.5, 0.6) is 5.75 Å². The predicted octanol–water partition coefficient (Wildman–Crippen LogP) is 3.60. The number of hydrogen-bond donors (Lipinski definition) is 2. The lowest BCUT2D eigenvalue weighted by Crippen LogP contribution is -2.18. The molecule has 29 heavy (non-hydrogen) atoms. The van der Waals surface area contributed by atoms with Gasteiger partial charge in [0.25, 0.3) is 0 Å². The molecule has 1 atom stereocenters. The second kappa shape index (κ2) is 8.26. The predicted molar refractivity (Wildman–Crippen MR) is 114 cm³/mol. The van der Waals surface area contributed by atoms with Crippen molar-refractivity contribution >= 4 is 22.8 Å². The van der Waals surface area contributed by atoms with Crippen LogP contribution in [0.3, 0.4) is 0 Å². The van der Waals surface area contributed by atoms with E-state index in [2.05, 4.69) is 46.1 Å². The minimum atomic E-state index is -0.540. The van der Waals surface area contributed by atoms with Crippen molar-refractivity contribution in [2.24, 2.45) is 0 Å². The number of thioether (sulfide) groups is 1. The van der Waals surface area contributed by atoms with Crippen molar-refractivity contribution in [3.05, 3.63) is 53.9 Å². The molecular weight excluding hydrogens is 386 g/mol. The molecule has 0 bridgehead atoms. The van der Waals surface area contributed by atoms with Gasteiger partial charge in [0.05, 0.1) is 37.1 Å². The number of aromatic nitrogens is 5. The third-order valence-corrected chi connectivity index (χ3v) is 5.87. The van der Waals surface area contributed by atoms with Crippen LogP contribution in [0.15, 0.2) is 47.9 Å². The molecule has 0 fully saturated rings. The molecule has 0 aliphatic carbocycles. The summed E-state index contributed by atoms with van der Waals surface area (Å²) in [5.74, 6) is 1.98. The van der Waals surface area contributed by atoms with Gasteiger partial charge in [0.1, 0.15) is 5.75 Å². The van der Waals surface area contributed by atoms with Crippen LogP contribution in [0.1, 0.15) is 11.1 Å². The van der Waals surface area contributed by atoms with Gasteiger partial charge in [0.15, 0.2) is 5.82 Å². The molecule has 8 heteroatoms. The molecule has 150 valence electrons. The Morgan fingerprint density at radius 1 is 1.17 bits per heavy atom. The molecule has 2 aromatic carbocycles. The van der Waals surface area contributed by atoms with Gasteiger partial charge in [-0.15, -0.1) is 5.10 Å². The summed E-state index contributed by atoms with van der Waals surface area (Å²) in [6.45, 7) is 4.64. The van der Waals surface area contributed by atoms with Crippen LogP contribution >= 0.6 is 11.8 Å². The molecule has 4 aromatic rings. The number of H-pyrrole nitrogens is 1. The van der Waals surface area contributed by atoms with Gasteiger partial charge in [-0.05, 0) is 61.4 Å². The Balaban J connectivity index is 1.38. The number of nitrogens with one attached hydrogen (secondary N) is 1. The van der Waals surface area contributed by atoms with Gasteiger partial charge >= 0.3 is 0 Å². The first-order chi connectivity index (χ1) is 14.0. The SMILES string of the molecule is COc1ccc(-c2nc(SCC(O)Cn3cnc4cc(C)c(C)cc43)n[nH]2)cc1. The normalized spacial score (nSPS) is 12.4. The lowest BCUT2D eigenvalue weighted by molar-refractivity contribution is 0.179. The quantitative estimate of drug-likeness (QED) is 0.454. The summed E-state index contributed by atoms with van der Waals surface area (Å²) in [4.78, 5) is 8.95. The number of hydrogen-bond acceptors (Lipinski definition) is 6. The zero-order chi connectivity index (χ0) is 20.4. The number of benzene rings is 2. The van der Waals surface area contributed by atoms with Crippen LogP contribution in [0, 0.1) is 13.8 Å². The molecule has 0 saturated carbocycles. The highest BCUT2D eigenvalue weighted by molar-refractivity contribution is 7.99. The maximum absolute atomic E-state index is 10.5. The topological polar surface area (TPSA) is 88.8 Å². The van der Waals surface area contributed by atoms with Crippen LogP contribution in [-0.2, 0) is 6.54 Å². The van der Waals surface area contributed by atoms with Crippen molar-refractivity contribution in [2.45, 2.75) is 31.7 Å². The van der Waals surface area contributed by atoms with E-state index < -0.39 is 6.10 Å². The van der Waals surface area contributed by atoms with Crippen LogP contribution in [0.2, 0.25) is 0 Å². The van der Waals surface area contributed by atoms with Gasteiger partial charge in [0, 0.05) is 11.3 Å². The fourth-order valence-electron chi connectivity index (χ4n) is 3.10. The molecule has 0 aliphatic rings. The number of rotatable bonds is 7. The number of nitrogens with zero attached hydrogens (tertiary/aromatic N) is 4. The lowest BCUT2D eigenvalue weighted by Gasteiger charge is -2.11. The number of methoxy groups -OCH3 is 1. The molecular formula is C21H23N5O2S. The number of fused-ring (bicyclic) bond motifs is 1. The zero-order valence-electron chi connectivity index (χ0n) is 16.6. The Bertz CT molecular complexity index is 1120. The standard InChI is InChI=1S/C21H23N5O2S/c1-13-8-18-19(9-14(13)2)26(12-22-18)10-16(27)11-29-21-23-20(24-25-21)15-4-6-17(28-3)7-5-15/h4-9,12,16,27H,10-11H2,1-3H3,(H,23,24,25). The number of ether oxygens (including phenoxy) is 1. The minimum Gasteiger partial charge on any atom is -0.497 e. The summed E-state index contributed by atoms with van der Waals surface area (Å²) in [5.41, 5.74) is 5.36. The van der Waals surface area contributed by atoms with Crippen molar-refractivity contribution in [3.8, 4) is 17.1 Å². The maximum Gasteiger partial charge on any atom is 0.208 e. The van der Waals surface area contributed by atoms with Gasteiger partial charge in [0.2, 0.25) is 5.16 Å². The molecule has 7 nitrogen and oxygen atoms in total. The van der Waals surface area contributed by atoms with E-state index in [1.54, 1.807) is 13.4 Å². The second-order valence-corrected chi connectivity index (χ2v) is 7.97. The molecule has 0 amide bonds. The molecule has 0 spiro atoms. The average molecular weight is 410 g/mol. The van der Waals surface area contributed by atoms with Gasteiger partial charge in [-0.2, -0.15) is 0 Å². The molecule has 2 heterocycles. The first-order valence-corrected chi connectivity index (χ1v) is 10.3. The first-order valence-electron chi connectivity index (χ1n) is 9.33. The third kappa shape index (κ3) is 4.28. The summed E-state index contributed by atoms with van der Waals surface area (Å²) in [7, 11) is 1.64. The van der Waals surface area contributed by atoms with Crippen LogP contribution < -0.4 is 4.74 Å². The summed E-state index contributed by atoms with van der Waals surface area (Å²) >= 11 is 1.42. The Kier molecular flexibility index (Phi) is 5.55. The number of aliphatic hydroxyl groups excluding tert-OH is 1. The molecule has 2 N–H and O–H groups in total. The Morgan fingerprint density at radius 3 is 2.69 bits per heavy atom. The summed E-state index contributed by atoms with van der Waals surface area (Å²) < 4.78 is 7.17. The average Bonchev–Trinajstić information content (AvgIpc) is 3.35. The molecule has 0 aliphatic heterocycles. The van der Waals surface area contributed by atoms with Gasteiger partial charge in [-0.1, -0.05) is 11.8 Å². The van der Waals surface area contributed by atoms with E-state index in [0.717, 1.165) is 22.3 Å². The van der Waals surface area contributed by atoms with Crippen LogP contribution in [-0.4, -0.2) is 48.8 Å². The number of imidazole rings is 1. The van der Waals surface area contributed by atoms with Crippen molar-refractivity contribution in [1.82, 2.24) is 24.7 Å². The highest BCUT2D eigenvalue weighted by Crippen LogP contribution is 2.23. The molecule has 2 aromatic heterocycles. The molecule has 0 radical (unpaired) electrons. The smallest absolute Gasteiger partial charge is 0.208 e. The van der Waals surface area contributed by atoms with E-state index in [4.69, 9.17) is 4.74 Å². The number of aryl methyl sites for hydroxylation is 2. The number of aliphatic hydroxyl groups is 1. The van der Waals surface area contributed by atoms with E-state index in [0.29, 0.717) is 23.3 Å². The summed E-state index contributed by atoms with van der Waals surface area (Å²) in [5, 5.41) is 18.3. The Morgan fingerprint density at radius 2 is 1.93 bits per heavy atom. The zero-order valence-corrected chi connectivity index (χ0v) is 17.4. The summed E-state index contributed by atoms with van der Waals surface area (Å²) in [6, 6.07) is 11.8. The van der Waals surface area contributed by atoms with Crippen molar-refractivity contribution in [2.75, 3.05) is 12.9 Å². The fraction of sp³-hybridized carbons (Fsp3) is 0.286. The Labute approximate surface area is 173 Å². The molecule has 4 rings (SSSR count). The molecule has 1 unspecified atom stereocenters. The highest BCUT2D eigenvalue weighted by Gasteiger charge is 2.13. The minimum absolute atomic E-state index is 0.474. The van der Waals surface area contributed by atoms with E-state index in [1.165, 1.54) is 22.9 Å². The van der Waals surface area contributed by atoms with Crippen molar-refractivity contribution in [1.29, 1.82) is 0 Å². The van der Waals surface area contributed by atoms with E-state index in [-0.39, 0.29) is 0 Å². The van der Waals surface area contributed by atoms with E-state index >= 15 is 0 Å². The van der Waals surface area contributed by atoms with E-state index in [1.807, 2.05) is 28.8 Å². The second-order valence-electron chi connectivity index (χ2n) is 6.98. The monoisotopic (exact) mass is 409 g/mol. The highest BCUT2D eigenvalue weighted by atomic mass is 32.2. The summed E-state index contributed by atoms with van der Waals surface area (Å²) in [6.07, 6.45) is 1.24. The van der Waals surface area contributed by atoms with Gasteiger partial charge in [-0.25, -0.2) is 9.97 Å². The van der Waals surface area contributed by atoms with Gasteiger partial charge < -0.3 is 14.4 Å². The third-order valence-electron chi connectivity index (χ3n) is 4.88. The van der Waals surface area contributed by atoms with Crippen LogP contribution in [0.4, 0.5) is 0 Å². The fourth-order valence-corrected chi connectivity index (χ4v) is 3.81. The largest absolute Gasteiger partial charge is 0.497 e. The van der Waals surface area contributed by atoms with Crippen molar-refractivity contribution in [3.63, 3.8) is 0 Å². The van der Waals surface area contributed by atoms with E-state index in [9.17, 15) is 5.11 Å². The molecule has 0 saturated heterocycles.